The van der Waals surface area contributed by atoms with Crippen molar-refractivity contribution in [2.24, 2.45) is 5.92 Å². The van der Waals surface area contributed by atoms with Crippen LogP contribution in [0.2, 0.25) is 0 Å². The molecule has 1 aromatic heterocycles. The van der Waals surface area contributed by atoms with Gasteiger partial charge in [-0.15, -0.1) is 0 Å². The Hall–Kier alpha value is -2.10. The zero-order valence-corrected chi connectivity index (χ0v) is 10.4. The summed E-state index contributed by atoms with van der Waals surface area (Å²) in [6, 6.07) is 9.30. The molecule has 0 fully saturated rings. The number of carbonyl (C=O) groups is 1. The number of nitrogens with zero attached hydrogens (tertiary/aromatic N) is 1. The number of aromatic nitrogens is 1. The van der Waals surface area contributed by atoms with E-state index < -0.39 is 5.97 Å². The second kappa shape index (κ2) is 5.04. The fourth-order valence-electron chi connectivity index (χ4n) is 1.75. The predicted octanol–water partition coefficient (Wildman–Crippen LogP) is 3.24. The van der Waals surface area contributed by atoms with Crippen LogP contribution >= 0.6 is 0 Å². The van der Waals surface area contributed by atoms with E-state index in [-0.39, 0.29) is 5.76 Å². The van der Waals surface area contributed by atoms with Crippen molar-refractivity contribution in [3.63, 3.8) is 0 Å². The Morgan fingerprint density at radius 2 is 2.00 bits per heavy atom. The largest absolute Gasteiger partial charge is 0.475 e. The van der Waals surface area contributed by atoms with Crippen molar-refractivity contribution in [2.45, 2.75) is 20.3 Å². The summed E-state index contributed by atoms with van der Waals surface area (Å²) in [6.45, 7) is 4.03. The topological polar surface area (TPSA) is 63.3 Å². The predicted molar refractivity (Wildman–Crippen MR) is 67.4 cm³/mol. The van der Waals surface area contributed by atoms with Gasteiger partial charge in [0.15, 0.2) is 0 Å². The zero-order chi connectivity index (χ0) is 13.1. The molecule has 0 aliphatic carbocycles. The third-order valence-electron chi connectivity index (χ3n) is 2.51. The van der Waals surface area contributed by atoms with Crippen LogP contribution in [0.25, 0.3) is 11.5 Å². The van der Waals surface area contributed by atoms with E-state index in [0.29, 0.717) is 23.9 Å². The standard InChI is InChI=1S/C14H15NO3/c1-9(2)8-11-12(14(16)17)18-13(15-11)10-6-4-3-5-7-10/h3-7,9H,8H2,1-2H3,(H,16,17). The number of aromatic carboxylic acids is 1. The first kappa shape index (κ1) is 12.4. The lowest BCUT2D eigenvalue weighted by Gasteiger charge is -1.99. The van der Waals surface area contributed by atoms with Gasteiger partial charge in [-0.3, -0.25) is 0 Å². The molecule has 0 spiro atoms. The highest BCUT2D eigenvalue weighted by Gasteiger charge is 2.20. The number of carboxylic acid groups (broad SMARTS) is 1. The van der Waals surface area contributed by atoms with Gasteiger partial charge in [0.25, 0.3) is 0 Å². The molecule has 0 atom stereocenters. The molecule has 94 valence electrons. The smallest absolute Gasteiger partial charge is 0.373 e. The fraction of sp³-hybridized carbons (Fsp3) is 0.286. The SMILES string of the molecule is CC(C)Cc1nc(-c2ccccc2)oc1C(=O)O. The van der Waals surface area contributed by atoms with Crippen molar-refractivity contribution in [2.75, 3.05) is 0 Å². The van der Waals surface area contributed by atoms with Crippen LogP contribution in [-0.2, 0) is 6.42 Å². The van der Waals surface area contributed by atoms with Crippen LogP contribution in [0.4, 0.5) is 0 Å². The monoisotopic (exact) mass is 245 g/mol. The first-order valence-corrected chi connectivity index (χ1v) is 5.86. The molecule has 4 nitrogen and oxygen atoms in total. The van der Waals surface area contributed by atoms with Crippen molar-refractivity contribution >= 4 is 5.97 Å². The Morgan fingerprint density at radius 1 is 1.33 bits per heavy atom. The van der Waals surface area contributed by atoms with Crippen molar-refractivity contribution in [1.82, 2.24) is 4.98 Å². The molecule has 4 heteroatoms. The summed E-state index contributed by atoms with van der Waals surface area (Å²) in [6.07, 6.45) is 0.595. The number of rotatable bonds is 4. The Morgan fingerprint density at radius 3 is 2.56 bits per heavy atom. The van der Waals surface area contributed by atoms with Crippen LogP contribution in [0, 0.1) is 5.92 Å². The molecule has 1 heterocycles. The summed E-state index contributed by atoms with van der Waals surface area (Å²) >= 11 is 0. The molecule has 0 amide bonds. The van der Waals surface area contributed by atoms with E-state index in [1.165, 1.54) is 0 Å². The maximum Gasteiger partial charge on any atom is 0.373 e. The first-order valence-electron chi connectivity index (χ1n) is 5.86. The van der Waals surface area contributed by atoms with Gasteiger partial charge in [-0.05, 0) is 24.5 Å². The van der Waals surface area contributed by atoms with Crippen LogP contribution in [-0.4, -0.2) is 16.1 Å². The maximum absolute atomic E-state index is 11.1. The van der Waals surface area contributed by atoms with Gasteiger partial charge in [0.1, 0.15) is 0 Å². The van der Waals surface area contributed by atoms with Gasteiger partial charge in [0.05, 0.1) is 5.69 Å². The summed E-state index contributed by atoms with van der Waals surface area (Å²) in [5, 5.41) is 9.11. The average molecular weight is 245 g/mol. The van der Waals surface area contributed by atoms with E-state index in [1.54, 1.807) is 0 Å². The van der Waals surface area contributed by atoms with Gasteiger partial charge in [-0.25, -0.2) is 9.78 Å². The highest BCUT2D eigenvalue weighted by molar-refractivity contribution is 5.86. The zero-order valence-electron chi connectivity index (χ0n) is 10.4. The molecule has 0 saturated heterocycles. The number of benzene rings is 1. The summed E-state index contributed by atoms with van der Waals surface area (Å²) in [7, 11) is 0. The van der Waals surface area contributed by atoms with E-state index in [2.05, 4.69) is 4.98 Å². The quantitative estimate of drug-likeness (QED) is 0.898. The first-order chi connectivity index (χ1) is 8.58. The molecule has 18 heavy (non-hydrogen) atoms. The van der Waals surface area contributed by atoms with Crippen molar-refractivity contribution in [1.29, 1.82) is 0 Å². The Bertz CT molecular complexity index is 543. The number of hydrogen-bond donors (Lipinski definition) is 1. The lowest BCUT2D eigenvalue weighted by Crippen LogP contribution is -2.03. The molecule has 0 radical (unpaired) electrons. The van der Waals surface area contributed by atoms with Crippen LogP contribution in [0.1, 0.15) is 30.1 Å². The van der Waals surface area contributed by atoms with Gasteiger partial charge in [-0.2, -0.15) is 0 Å². The van der Waals surface area contributed by atoms with Gasteiger partial charge < -0.3 is 9.52 Å². The second-order valence-corrected chi connectivity index (χ2v) is 4.56. The minimum Gasteiger partial charge on any atom is -0.475 e. The van der Waals surface area contributed by atoms with Crippen LogP contribution in [0.3, 0.4) is 0 Å². The van der Waals surface area contributed by atoms with Gasteiger partial charge >= 0.3 is 5.97 Å². The maximum atomic E-state index is 11.1. The van der Waals surface area contributed by atoms with Crippen LogP contribution in [0.5, 0.6) is 0 Å². The molecule has 0 aliphatic heterocycles. The molecule has 0 saturated carbocycles. The van der Waals surface area contributed by atoms with E-state index in [4.69, 9.17) is 9.52 Å². The summed E-state index contributed by atoms with van der Waals surface area (Å²) < 4.78 is 5.35. The number of oxazole rings is 1. The van der Waals surface area contributed by atoms with E-state index in [1.807, 2.05) is 44.2 Å². The van der Waals surface area contributed by atoms with E-state index >= 15 is 0 Å². The highest BCUT2D eigenvalue weighted by atomic mass is 16.4. The Labute approximate surface area is 105 Å². The van der Waals surface area contributed by atoms with Crippen LogP contribution < -0.4 is 0 Å². The number of carboxylic acids is 1. The summed E-state index contributed by atoms with van der Waals surface area (Å²) in [4.78, 5) is 15.4. The fourth-order valence-corrected chi connectivity index (χ4v) is 1.75. The molecule has 1 N–H and O–H groups in total. The average Bonchev–Trinajstić information content (AvgIpc) is 2.73. The molecule has 0 bridgehead atoms. The van der Waals surface area contributed by atoms with Gasteiger partial charge in [0, 0.05) is 5.56 Å². The van der Waals surface area contributed by atoms with E-state index in [9.17, 15) is 4.79 Å². The molecule has 1 aromatic carbocycles. The minimum atomic E-state index is -1.07. The molecular formula is C14H15NO3. The highest BCUT2D eigenvalue weighted by Crippen LogP contribution is 2.23. The third kappa shape index (κ3) is 2.59. The third-order valence-corrected chi connectivity index (χ3v) is 2.51. The lowest BCUT2D eigenvalue weighted by atomic mass is 10.1. The van der Waals surface area contributed by atoms with Gasteiger partial charge in [-0.1, -0.05) is 32.0 Å². The minimum absolute atomic E-state index is 0.0532. The summed E-state index contributed by atoms with van der Waals surface area (Å²) in [5.74, 6) is -0.427. The molecule has 0 unspecified atom stereocenters. The van der Waals surface area contributed by atoms with Crippen molar-refractivity contribution in [3.8, 4) is 11.5 Å². The van der Waals surface area contributed by atoms with Crippen molar-refractivity contribution < 1.29 is 14.3 Å². The van der Waals surface area contributed by atoms with Gasteiger partial charge in [0.2, 0.25) is 11.7 Å². The molecule has 2 rings (SSSR count). The lowest BCUT2D eigenvalue weighted by molar-refractivity contribution is 0.0661. The Kier molecular flexibility index (Phi) is 3.46. The number of hydrogen-bond acceptors (Lipinski definition) is 3. The van der Waals surface area contributed by atoms with E-state index in [0.717, 1.165) is 5.56 Å². The van der Waals surface area contributed by atoms with Crippen LogP contribution in [0.15, 0.2) is 34.7 Å². The normalized spacial score (nSPS) is 10.8. The molecular weight excluding hydrogens is 230 g/mol. The van der Waals surface area contributed by atoms with Crippen molar-refractivity contribution in [3.05, 3.63) is 41.8 Å². The second-order valence-electron chi connectivity index (χ2n) is 4.56. The summed E-state index contributed by atoms with van der Waals surface area (Å²) in [5.41, 5.74) is 1.30. The molecule has 0 aliphatic rings. The molecule has 2 aromatic rings. The Balaban J connectivity index is 2.42.